The van der Waals surface area contributed by atoms with Crippen LogP contribution in [0.15, 0.2) is 35.7 Å². The molecular weight excluding hydrogens is 464 g/mol. The Kier molecular flexibility index (Phi) is 8.54. The zero-order chi connectivity index (χ0) is 24.7. The topological polar surface area (TPSA) is 96.5 Å². The van der Waals surface area contributed by atoms with E-state index in [1.165, 1.54) is 11.3 Å². The third-order valence-corrected chi connectivity index (χ3v) is 7.82. The summed E-state index contributed by atoms with van der Waals surface area (Å²) in [6.07, 6.45) is 4.22. The molecule has 0 radical (unpaired) electrons. The van der Waals surface area contributed by atoms with Gasteiger partial charge < -0.3 is 25.2 Å². The van der Waals surface area contributed by atoms with Crippen LogP contribution in [0.3, 0.4) is 0 Å². The molecule has 35 heavy (non-hydrogen) atoms. The summed E-state index contributed by atoms with van der Waals surface area (Å²) in [6.45, 7) is 5.48. The quantitative estimate of drug-likeness (QED) is 0.462. The van der Waals surface area contributed by atoms with Crippen molar-refractivity contribution in [2.24, 2.45) is 0 Å². The van der Waals surface area contributed by atoms with E-state index in [2.05, 4.69) is 16.0 Å². The first kappa shape index (κ1) is 25.3. The van der Waals surface area contributed by atoms with E-state index in [9.17, 15) is 14.4 Å². The van der Waals surface area contributed by atoms with E-state index in [1.54, 1.807) is 0 Å². The molecule has 2 aromatic rings. The highest BCUT2D eigenvalue weighted by molar-refractivity contribution is 7.13. The van der Waals surface area contributed by atoms with E-state index in [-0.39, 0.29) is 36.9 Å². The Morgan fingerprint density at radius 3 is 2.34 bits per heavy atom. The normalized spacial score (nSPS) is 17.6. The van der Waals surface area contributed by atoms with E-state index < -0.39 is 0 Å². The maximum Gasteiger partial charge on any atom is 0.279 e. The predicted octanol–water partition coefficient (Wildman–Crippen LogP) is 2.83. The molecule has 2 saturated heterocycles. The number of rotatable bonds is 9. The second-order valence-corrected chi connectivity index (χ2v) is 10.5. The number of carbonyl (C=O) groups is 3. The number of quaternary nitrogens is 1. The first-order valence-corrected chi connectivity index (χ1v) is 13.2. The maximum atomic E-state index is 13.3. The van der Waals surface area contributed by atoms with Crippen LogP contribution in [0.1, 0.15) is 46.5 Å². The standard InChI is InChI=1S/C26H34N4O4S/c1-19-18-35-25(26(33)28-21-16-34-17-21)24(19)29-23(32)15-30(11-7-2-3-8-12-30)14-22(31)27-13-20-9-5-4-6-10-20/h4-6,9-10,18,21H,2-3,7-8,11-17H2,1H3,(H2-,27,28,29,31,32,33)/p+1. The molecule has 2 aliphatic heterocycles. The predicted molar refractivity (Wildman–Crippen MR) is 136 cm³/mol. The minimum absolute atomic E-state index is 0.0220. The van der Waals surface area contributed by atoms with Gasteiger partial charge in [-0.15, -0.1) is 11.3 Å². The fourth-order valence-electron chi connectivity index (χ4n) is 4.71. The number of nitrogens with zero attached hydrogens (tertiary/aromatic N) is 1. The van der Waals surface area contributed by atoms with Crippen LogP contribution in [0, 0.1) is 6.92 Å². The Bertz CT molecular complexity index is 1030. The van der Waals surface area contributed by atoms with Crippen LogP contribution < -0.4 is 16.0 Å². The van der Waals surface area contributed by atoms with Gasteiger partial charge in [0.25, 0.3) is 17.7 Å². The van der Waals surface area contributed by atoms with Crippen molar-refractivity contribution in [3.8, 4) is 0 Å². The minimum atomic E-state index is -0.189. The average molecular weight is 500 g/mol. The van der Waals surface area contributed by atoms with E-state index in [0.29, 0.717) is 34.8 Å². The number of nitrogens with one attached hydrogen (secondary N) is 3. The number of hydrogen-bond acceptors (Lipinski definition) is 5. The summed E-state index contributed by atoms with van der Waals surface area (Å²) in [5.41, 5.74) is 2.48. The van der Waals surface area contributed by atoms with Gasteiger partial charge in [0.1, 0.15) is 4.88 Å². The van der Waals surface area contributed by atoms with Gasteiger partial charge in [0, 0.05) is 6.54 Å². The fraction of sp³-hybridized carbons (Fsp3) is 0.500. The molecule has 0 aliphatic carbocycles. The number of amides is 3. The van der Waals surface area contributed by atoms with Gasteiger partial charge in [-0.1, -0.05) is 30.3 Å². The molecule has 4 rings (SSSR count). The van der Waals surface area contributed by atoms with Crippen LogP contribution in [0.2, 0.25) is 0 Å². The van der Waals surface area contributed by atoms with Crippen molar-refractivity contribution in [2.75, 3.05) is 44.7 Å². The molecule has 1 aromatic carbocycles. The molecule has 1 aromatic heterocycles. The lowest BCUT2D eigenvalue weighted by molar-refractivity contribution is -0.912. The first-order valence-electron chi connectivity index (χ1n) is 12.4. The minimum Gasteiger partial charge on any atom is -0.377 e. The number of thiophene rings is 1. The van der Waals surface area contributed by atoms with Crippen LogP contribution in [0.5, 0.6) is 0 Å². The second kappa shape index (κ2) is 11.8. The lowest BCUT2D eigenvalue weighted by Crippen LogP contribution is -2.57. The van der Waals surface area contributed by atoms with E-state index >= 15 is 0 Å². The molecule has 188 valence electrons. The molecular formula is C26H35N4O4S+. The molecule has 0 bridgehead atoms. The number of benzene rings is 1. The highest BCUT2D eigenvalue weighted by atomic mass is 32.1. The summed E-state index contributed by atoms with van der Waals surface area (Å²) in [4.78, 5) is 39.4. The van der Waals surface area contributed by atoms with Crippen LogP contribution in [0.25, 0.3) is 0 Å². The number of ether oxygens (including phenoxy) is 1. The van der Waals surface area contributed by atoms with Crippen molar-refractivity contribution in [1.82, 2.24) is 10.6 Å². The van der Waals surface area contributed by atoms with Gasteiger partial charge in [0.2, 0.25) is 0 Å². The molecule has 3 N–H and O–H groups in total. The van der Waals surface area contributed by atoms with Crippen molar-refractivity contribution in [3.05, 3.63) is 51.7 Å². The number of aryl methyl sites for hydroxylation is 1. The molecule has 0 saturated carbocycles. The third kappa shape index (κ3) is 6.90. The van der Waals surface area contributed by atoms with Gasteiger partial charge in [-0.05, 0) is 49.1 Å². The van der Waals surface area contributed by atoms with E-state index in [4.69, 9.17) is 4.74 Å². The highest BCUT2D eigenvalue weighted by Crippen LogP contribution is 2.28. The Labute approximate surface area is 210 Å². The Morgan fingerprint density at radius 2 is 1.69 bits per heavy atom. The fourth-order valence-corrected chi connectivity index (χ4v) is 5.62. The Hall–Kier alpha value is -2.75. The van der Waals surface area contributed by atoms with Gasteiger partial charge >= 0.3 is 0 Å². The van der Waals surface area contributed by atoms with Crippen molar-refractivity contribution in [2.45, 2.75) is 45.2 Å². The summed E-state index contributed by atoms with van der Waals surface area (Å²) in [5.74, 6) is -0.394. The molecule has 0 unspecified atom stereocenters. The van der Waals surface area contributed by atoms with Crippen LogP contribution in [-0.4, -0.2) is 67.6 Å². The molecule has 8 nitrogen and oxygen atoms in total. The first-order chi connectivity index (χ1) is 16.9. The average Bonchev–Trinajstić information content (AvgIpc) is 3.02. The van der Waals surface area contributed by atoms with Gasteiger partial charge in [-0.25, -0.2) is 0 Å². The largest absolute Gasteiger partial charge is 0.377 e. The van der Waals surface area contributed by atoms with Crippen LogP contribution in [-0.2, 0) is 20.9 Å². The second-order valence-electron chi connectivity index (χ2n) is 9.66. The molecule has 2 aliphatic rings. The Morgan fingerprint density at radius 1 is 1.00 bits per heavy atom. The Balaban J connectivity index is 1.41. The van der Waals surface area contributed by atoms with E-state index in [1.807, 2.05) is 42.6 Å². The van der Waals surface area contributed by atoms with Crippen molar-refractivity contribution >= 4 is 34.7 Å². The maximum absolute atomic E-state index is 13.3. The van der Waals surface area contributed by atoms with Crippen LogP contribution in [0.4, 0.5) is 5.69 Å². The number of likely N-dealkylation sites (tertiary alicyclic amines) is 1. The van der Waals surface area contributed by atoms with Gasteiger partial charge in [0.15, 0.2) is 13.1 Å². The SMILES string of the molecule is Cc1csc(C(=O)NC2COC2)c1NC(=O)C[N+]1(CC(=O)NCc2ccccc2)CCCCCC1. The summed E-state index contributed by atoms with van der Waals surface area (Å²) in [7, 11) is 0. The summed E-state index contributed by atoms with van der Waals surface area (Å²) in [5, 5.41) is 10.9. The van der Waals surface area contributed by atoms with Crippen LogP contribution >= 0.6 is 11.3 Å². The monoisotopic (exact) mass is 499 g/mol. The molecule has 2 fully saturated rings. The van der Waals surface area contributed by atoms with Crippen molar-refractivity contribution in [1.29, 1.82) is 0 Å². The third-order valence-electron chi connectivity index (χ3n) is 6.72. The molecule has 3 amide bonds. The molecule has 3 heterocycles. The zero-order valence-corrected chi connectivity index (χ0v) is 21.1. The number of carbonyl (C=O) groups excluding carboxylic acids is 3. The summed E-state index contributed by atoms with van der Waals surface area (Å²) in [6, 6.07) is 9.85. The molecule has 0 atom stereocenters. The number of hydrogen-bond donors (Lipinski definition) is 3. The summed E-state index contributed by atoms with van der Waals surface area (Å²) >= 11 is 1.33. The van der Waals surface area contributed by atoms with Crippen molar-refractivity contribution < 1.29 is 23.6 Å². The summed E-state index contributed by atoms with van der Waals surface area (Å²) < 4.78 is 5.58. The zero-order valence-electron chi connectivity index (χ0n) is 20.3. The highest BCUT2D eigenvalue weighted by Gasteiger charge is 2.34. The van der Waals surface area contributed by atoms with Gasteiger partial charge in [-0.2, -0.15) is 0 Å². The van der Waals surface area contributed by atoms with E-state index in [0.717, 1.165) is 49.9 Å². The molecule has 9 heteroatoms. The lowest BCUT2D eigenvalue weighted by atomic mass is 10.2. The number of anilines is 1. The van der Waals surface area contributed by atoms with Gasteiger partial charge in [-0.3, -0.25) is 14.4 Å². The molecule has 0 spiro atoms. The van der Waals surface area contributed by atoms with Crippen molar-refractivity contribution in [3.63, 3.8) is 0 Å². The smallest absolute Gasteiger partial charge is 0.279 e. The van der Waals surface area contributed by atoms with Gasteiger partial charge in [0.05, 0.1) is 38.0 Å². The lowest BCUT2D eigenvalue weighted by Gasteiger charge is -2.36.